The first-order valence-electron chi connectivity index (χ1n) is 8.44. The molecule has 29 heavy (non-hydrogen) atoms. The first-order chi connectivity index (χ1) is 13.4. The summed E-state index contributed by atoms with van der Waals surface area (Å²) >= 11 is 0. The topological polar surface area (TPSA) is 210 Å². The molecule has 1 saturated heterocycles. The van der Waals surface area contributed by atoms with Crippen molar-refractivity contribution in [2.45, 2.75) is 37.0 Å². The zero-order chi connectivity index (χ0) is 21.8. The lowest BCUT2D eigenvalue weighted by Gasteiger charge is -2.59. The number of anilines is 1. The Hall–Kier alpha value is -2.86. The Morgan fingerprint density at radius 3 is 2.59 bits per heavy atom. The van der Waals surface area contributed by atoms with E-state index in [-0.39, 0.29) is 10.7 Å². The van der Waals surface area contributed by atoms with E-state index in [0.717, 1.165) is 11.8 Å². The van der Waals surface area contributed by atoms with Gasteiger partial charge in [0.05, 0.1) is 11.5 Å². The van der Waals surface area contributed by atoms with E-state index in [1.165, 1.54) is 19.4 Å². The molecule has 1 fully saturated rings. The highest BCUT2D eigenvalue weighted by molar-refractivity contribution is 5.87. The summed E-state index contributed by atoms with van der Waals surface area (Å²) in [6.07, 6.45) is 1.76. The molecule has 0 unspecified atom stereocenters. The molecule has 13 nitrogen and oxygen atoms in total. The molecule has 1 aliphatic rings. The molecular formula is C16H20N6O7. The zero-order valence-corrected chi connectivity index (χ0v) is 15.4. The number of piperidine rings is 1. The molecule has 1 aliphatic heterocycles. The zero-order valence-electron chi connectivity index (χ0n) is 15.4. The van der Waals surface area contributed by atoms with Crippen molar-refractivity contribution in [1.29, 1.82) is 5.26 Å². The van der Waals surface area contributed by atoms with Gasteiger partial charge in [0, 0.05) is 19.2 Å². The number of nitrogens with one attached hydrogen (secondary N) is 1. The molecular weight excluding hydrogens is 388 g/mol. The van der Waals surface area contributed by atoms with Crippen LogP contribution in [0.3, 0.4) is 0 Å². The number of fused-ring (bicyclic) bond motifs is 1. The number of H-pyrrole nitrogens is 1. The van der Waals surface area contributed by atoms with Gasteiger partial charge in [0.1, 0.15) is 30.3 Å². The molecule has 2 aromatic heterocycles. The van der Waals surface area contributed by atoms with Crippen LogP contribution in [-0.2, 0) is 4.79 Å². The third kappa shape index (κ3) is 2.82. The van der Waals surface area contributed by atoms with Crippen molar-refractivity contribution in [3.8, 4) is 6.07 Å². The van der Waals surface area contributed by atoms with E-state index < -0.39 is 41.9 Å². The summed E-state index contributed by atoms with van der Waals surface area (Å²) in [6.45, 7) is 1.12. The summed E-state index contributed by atoms with van der Waals surface area (Å²) < 4.78 is 0. The van der Waals surface area contributed by atoms with E-state index in [1.54, 1.807) is 12.3 Å². The second kappa shape index (κ2) is 6.59. The highest BCUT2D eigenvalue weighted by atomic mass is 16.6. The lowest BCUT2D eigenvalue weighted by Crippen LogP contribution is -2.84. The van der Waals surface area contributed by atoms with Gasteiger partial charge in [-0.25, -0.2) is 14.9 Å². The van der Waals surface area contributed by atoms with Crippen LogP contribution in [0, 0.1) is 17.2 Å². The maximum atomic E-state index is 12.3. The third-order valence-electron chi connectivity index (χ3n) is 5.20. The Kier molecular flexibility index (Phi) is 4.74. The Morgan fingerprint density at radius 2 is 1.97 bits per heavy atom. The monoisotopic (exact) mass is 408 g/mol. The van der Waals surface area contributed by atoms with Gasteiger partial charge < -0.3 is 40.5 Å². The largest absolute Gasteiger partial charge is 0.360 e. The van der Waals surface area contributed by atoms with Crippen molar-refractivity contribution in [2.75, 3.05) is 11.9 Å². The minimum atomic E-state index is -3.81. The first-order valence-corrected chi connectivity index (χ1v) is 8.44. The molecule has 2 aromatic rings. The standard InChI is InChI=1S/C16H20N6O7/c1-8-11(21(2)13-9-4-6-18-12(9)19-7-20-13)15(26,27)22(10(23)3-5-17)16(28,29)14(8,24)25/h4,6-8,11,24-29H,3H2,1-2H3,(H,18,19,20)/t8-,11+/m0/s1. The van der Waals surface area contributed by atoms with E-state index in [4.69, 9.17) is 5.26 Å². The van der Waals surface area contributed by atoms with Crippen molar-refractivity contribution in [3.63, 3.8) is 0 Å². The number of likely N-dealkylation sites (N-methyl/N-ethyl adjacent to an activating group) is 1. The molecule has 0 aromatic carbocycles. The second-order valence-electron chi connectivity index (χ2n) is 6.89. The summed E-state index contributed by atoms with van der Waals surface area (Å²) in [5.74, 6) is -13.5. The van der Waals surface area contributed by atoms with Crippen molar-refractivity contribution >= 4 is 22.8 Å². The predicted molar refractivity (Wildman–Crippen MR) is 93.8 cm³/mol. The van der Waals surface area contributed by atoms with E-state index in [1.807, 2.05) is 0 Å². The molecule has 0 bridgehead atoms. The number of hydrogen-bond donors (Lipinski definition) is 7. The number of aliphatic hydroxyl groups is 6. The van der Waals surface area contributed by atoms with Crippen molar-refractivity contribution in [2.24, 2.45) is 5.92 Å². The number of nitriles is 1. The van der Waals surface area contributed by atoms with Crippen LogP contribution in [0.15, 0.2) is 18.6 Å². The number of hydrogen-bond acceptors (Lipinski definition) is 11. The number of aromatic amines is 1. The molecule has 0 radical (unpaired) electrons. The van der Waals surface area contributed by atoms with Crippen LogP contribution in [0.2, 0.25) is 0 Å². The average Bonchev–Trinajstić information content (AvgIpc) is 3.08. The highest BCUT2D eigenvalue weighted by Crippen LogP contribution is 2.45. The first kappa shape index (κ1) is 20.9. The lowest BCUT2D eigenvalue weighted by molar-refractivity contribution is -0.494. The van der Waals surface area contributed by atoms with Gasteiger partial charge in [-0.1, -0.05) is 6.92 Å². The molecule has 0 spiro atoms. The van der Waals surface area contributed by atoms with Gasteiger partial charge in [-0.15, -0.1) is 0 Å². The summed E-state index contributed by atoms with van der Waals surface area (Å²) in [6, 6.07) is 1.31. The van der Waals surface area contributed by atoms with Gasteiger partial charge >= 0.3 is 5.91 Å². The van der Waals surface area contributed by atoms with E-state index in [2.05, 4.69) is 15.0 Å². The molecule has 0 saturated carbocycles. The van der Waals surface area contributed by atoms with Crippen LogP contribution in [0.5, 0.6) is 0 Å². The fourth-order valence-electron chi connectivity index (χ4n) is 3.76. The van der Waals surface area contributed by atoms with Crippen LogP contribution in [0.1, 0.15) is 13.3 Å². The Labute approximate surface area is 163 Å². The normalized spacial score (nSPS) is 24.9. The lowest BCUT2D eigenvalue weighted by atomic mass is 9.80. The third-order valence-corrected chi connectivity index (χ3v) is 5.20. The van der Waals surface area contributed by atoms with Crippen molar-refractivity contribution in [3.05, 3.63) is 18.6 Å². The molecule has 156 valence electrons. The van der Waals surface area contributed by atoms with E-state index in [0.29, 0.717) is 11.0 Å². The number of nitrogens with zero attached hydrogens (tertiary/aromatic N) is 5. The Morgan fingerprint density at radius 1 is 1.31 bits per heavy atom. The molecule has 3 heterocycles. The SMILES string of the molecule is C[C@H]1[C@@H](N(C)c2ncnc3[nH]ccc23)C(O)(O)N(C(=O)CC#N)C(O)(O)C1(O)O. The molecule has 13 heteroatoms. The number of amides is 1. The van der Waals surface area contributed by atoms with Crippen LogP contribution in [0.4, 0.5) is 5.82 Å². The maximum absolute atomic E-state index is 12.3. The highest BCUT2D eigenvalue weighted by Gasteiger charge is 2.72. The number of aromatic nitrogens is 3. The summed E-state index contributed by atoms with van der Waals surface area (Å²) in [7, 11) is 1.34. The Balaban J connectivity index is 2.18. The van der Waals surface area contributed by atoms with Crippen LogP contribution >= 0.6 is 0 Å². The molecule has 2 atom stereocenters. The van der Waals surface area contributed by atoms with Crippen LogP contribution in [0.25, 0.3) is 11.0 Å². The van der Waals surface area contributed by atoms with E-state index in [9.17, 15) is 35.4 Å². The van der Waals surface area contributed by atoms with Crippen LogP contribution < -0.4 is 4.90 Å². The minimum Gasteiger partial charge on any atom is -0.360 e. The summed E-state index contributed by atoms with van der Waals surface area (Å²) in [5.41, 5.74) is 0.405. The van der Waals surface area contributed by atoms with Crippen LogP contribution in [-0.4, -0.2) is 87.1 Å². The predicted octanol–water partition coefficient (Wildman–Crippen LogP) is -2.89. The molecule has 7 N–H and O–H groups in total. The fourth-order valence-corrected chi connectivity index (χ4v) is 3.76. The van der Waals surface area contributed by atoms with Crippen molar-refractivity contribution in [1.82, 2.24) is 19.9 Å². The van der Waals surface area contributed by atoms with Gasteiger partial charge in [-0.2, -0.15) is 5.26 Å². The average molecular weight is 408 g/mol. The number of carbonyl (C=O) groups is 1. The van der Waals surface area contributed by atoms with Gasteiger partial charge in [-0.3, -0.25) is 4.79 Å². The van der Waals surface area contributed by atoms with Gasteiger partial charge in [-0.05, 0) is 6.07 Å². The second-order valence-corrected chi connectivity index (χ2v) is 6.89. The van der Waals surface area contributed by atoms with Gasteiger partial charge in [0.15, 0.2) is 0 Å². The molecule has 3 rings (SSSR count). The fraction of sp³-hybridized carbons (Fsp3) is 0.500. The van der Waals surface area contributed by atoms with E-state index >= 15 is 0 Å². The number of carbonyl (C=O) groups excluding carboxylic acids is 1. The minimum absolute atomic E-state index is 0.132. The number of likely N-dealkylation sites (tertiary alicyclic amines) is 1. The Bertz CT molecular complexity index is 982. The number of rotatable bonds is 3. The quantitative estimate of drug-likeness (QED) is 0.256. The van der Waals surface area contributed by atoms with Gasteiger partial charge in [0.2, 0.25) is 11.7 Å². The van der Waals surface area contributed by atoms with Crippen molar-refractivity contribution < 1.29 is 35.4 Å². The van der Waals surface area contributed by atoms with Gasteiger partial charge in [0.25, 0.3) is 5.91 Å². The molecule has 0 aliphatic carbocycles. The maximum Gasteiger partial charge on any atom is 0.310 e. The summed E-state index contributed by atoms with van der Waals surface area (Å²) in [5, 5.41) is 72.2. The summed E-state index contributed by atoms with van der Waals surface area (Å²) in [4.78, 5) is 24.0. The molecule has 1 amide bonds. The smallest absolute Gasteiger partial charge is 0.310 e.